The molecule has 0 aromatic carbocycles. The van der Waals surface area contributed by atoms with Crippen molar-refractivity contribution in [2.75, 3.05) is 25.9 Å². The van der Waals surface area contributed by atoms with Crippen LogP contribution >= 0.6 is 12.6 Å². The van der Waals surface area contributed by atoms with Gasteiger partial charge >= 0.3 is 0 Å². The number of hydrogen-bond donors (Lipinski definition) is 1. The van der Waals surface area contributed by atoms with Gasteiger partial charge in [-0.3, -0.25) is 0 Å². The Morgan fingerprint density at radius 2 is 2.08 bits per heavy atom. The molecular weight excluding hydrogens is 180 g/mol. The summed E-state index contributed by atoms with van der Waals surface area (Å²) in [7, 11) is 2.07. The van der Waals surface area contributed by atoms with Gasteiger partial charge in [0.05, 0.1) is 6.07 Å². The van der Waals surface area contributed by atoms with Gasteiger partial charge in [0.2, 0.25) is 0 Å². The second kappa shape index (κ2) is 7.23. The SMILES string of the molecule is CC(C)C(CS)CN(C)CCC#N. The van der Waals surface area contributed by atoms with Crippen molar-refractivity contribution in [3.05, 3.63) is 0 Å². The largest absolute Gasteiger partial charge is 0.305 e. The molecule has 76 valence electrons. The first-order chi connectivity index (χ1) is 6.11. The van der Waals surface area contributed by atoms with Crippen molar-refractivity contribution in [1.29, 1.82) is 5.26 Å². The van der Waals surface area contributed by atoms with Gasteiger partial charge in [0, 0.05) is 19.5 Å². The molecule has 0 aliphatic rings. The molecule has 3 heteroatoms. The molecule has 0 radical (unpaired) electrons. The van der Waals surface area contributed by atoms with Crippen LogP contribution in [0.3, 0.4) is 0 Å². The molecular formula is C10H20N2S. The molecule has 0 fully saturated rings. The molecule has 0 aliphatic heterocycles. The monoisotopic (exact) mass is 200 g/mol. The van der Waals surface area contributed by atoms with E-state index in [1.807, 2.05) is 0 Å². The van der Waals surface area contributed by atoms with Crippen LogP contribution in [0, 0.1) is 23.2 Å². The van der Waals surface area contributed by atoms with Gasteiger partial charge in [0.15, 0.2) is 0 Å². The Balaban J connectivity index is 3.74. The molecule has 1 atom stereocenters. The third kappa shape index (κ3) is 5.95. The van der Waals surface area contributed by atoms with Gasteiger partial charge < -0.3 is 4.90 Å². The third-order valence-corrected chi connectivity index (χ3v) is 2.80. The minimum Gasteiger partial charge on any atom is -0.305 e. The lowest BCUT2D eigenvalue weighted by Crippen LogP contribution is -2.30. The average Bonchev–Trinajstić information content (AvgIpc) is 2.10. The quantitative estimate of drug-likeness (QED) is 0.664. The normalized spacial score (nSPS) is 13.3. The Labute approximate surface area is 87.3 Å². The third-order valence-electron chi connectivity index (χ3n) is 2.33. The predicted octanol–water partition coefficient (Wildman–Crippen LogP) is 2.03. The van der Waals surface area contributed by atoms with Gasteiger partial charge in [0.1, 0.15) is 0 Å². The van der Waals surface area contributed by atoms with Crippen LogP contribution in [0.1, 0.15) is 20.3 Å². The first-order valence-corrected chi connectivity index (χ1v) is 5.41. The van der Waals surface area contributed by atoms with Crippen molar-refractivity contribution in [1.82, 2.24) is 4.90 Å². The second-order valence-corrected chi connectivity index (χ2v) is 4.22. The lowest BCUT2D eigenvalue weighted by atomic mass is 9.97. The summed E-state index contributed by atoms with van der Waals surface area (Å²) in [4.78, 5) is 2.21. The predicted molar refractivity (Wildman–Crippen MR) is 59.9 cm³/mol. The van der Waals surface area contributed by atoms with E-state index in [1.165, 1.54) is 0 Å². The van der Waals surface area contributed by atoms with Crippen LogP contribution in [-0.4, -0.2) is 30.8 Å². The summed E-state index contributed by atoms with van der Waals surface area (Å²) in [5.41, 5.74) is 0. The standard InChI is InChI=1S/C10H20N2S/c1-9(2)10(8-13)7-12(3)6-4-5-11/h9-10,13H,4,6-8H2,1-3H3. The van der Waals surface area contributed by atoms with Crippen LogP contribution in [0.5, 0.6) is 0 Å². The van der Waals surface area contributed by atoms with Crippen LogP contribution in [-0.2, 0) is 0 Å². The molecule has 0 aromatic rings. The topological polar surface area (TPSA) is 27.0 Å². The fourth-order valence-electron chi connectivity index (χ4n) is 1.21. The van der Waals surface area contributed by atoms with E-state index in [-0.39, 0.29) is 0 Å². The van der Waals surface area contributed by atoms with E-state index in [2.05, 4.69) is 44.5 Å². The molecule has 13 heavy (non-hydrogen) atoms. The highest BCUT2D eigenvalue weighted by molar-refractivity contribution is 7.80. The molecule has 2 nitrogen and oxygen atoms in total. The van der Waals surface area contributed by atoms with E-state index in [0.29, 0.717) is 18.3 Å². The van der Waals surface area contributed by atoms with E-state index < -0.39 is 0 Å². The number of nitrogens with zero attached hydrogens (tertiary/aromatic N) is 2. The van der Waals surface area contributed by atoms with Crippen molar-refractivity contribution in [2.45, 2.75) is 20.3 Å². The molecule has 1 unspecified atom stereocenters. The number of rotatable bonds is 6. The van der Waals surface area contributed by atoms with Crippen molar-refractivity contribution in [3.63, 3.8) is 0 Å². The summed E-state index contributed by atoms with van der Waals surface area (Å²) >= 11 is 4.33. The molecule has 0 heterocycles. The zero-order valence-corrected chi connectivity index (χ0v) is 9.72. The van der Waals surface area contributed by atoms with Gasteiger partial charge in [-0.05, 0) is 24.6 Å². The molecule has 0 rings (SSSR count). The zero-order valence-electron chi connectivity index (χ0n) is 8.82. The summed E-state index contributed by atoms with van der Waals surface area (Å²) in [6.07, 6.45) is 0.619. The lowest BCUT2D eigenvalue weighted by Gasteiger charge is -2.24. The molecule has 0 aromatic heterocycles. The Morgan fingerprint density at radius 1 is 1.46 bits per heavy atom. The maximum absolute atomic E-state index is 8.42. The fraction of sp³-hybridized carbons (Fsp3) is 0.900. The van der Waals surface area contributed by atoms with Gasteiger partial charge in [0.25, 0.3) is 0 Å². The van der Waals surface area contributed by atoms with Crippen LogP contribution < -0.4 is 0 Å². The molecule has 0 amide bonds. The first kappa shape index (κ1) is 12.8. The highest BCUT2D eigenvalue weighted by Gasteiger charge is 2.13. The number of hydrogen-bond acceptors (Lipinski definition) is 3. The maximum atomic E-state index is 8.42. The summed E-state index contributed by atoms with van der Waals surface area (Å²) in [6.45, 7) is 6.36. The summed E-state index contributed by atoms with van der Waals surface area (Å²) in [5.74, 6) is 2.23. The number of thiol groups is 1. The van der Waals surface area contributed by atoms with Gasteiger partial charge in [-0.25, -0.2) is 0 Å². The fourth-order valence-corrected chi connectivity index (χ4v) is 1.75. The Bertz CT molecular complexity index is 163. The highest BCUT2D eigenvalue weighted by Crippen LogP contribution is 2.13. The smallest absolute Gasteiger partial charge is 0.0635 e. The van der Waals surface area contributed by atoms with Gasteiger partial charge in [-0.2, -0.15) is 17.9 Å². The van der Waals surface area contributed by atoms with Crippen LogP contribution in [0.15, 0.2) is 0 Å². The number of nitriles is 1. The average molecular weight is 200 g/mol. The van der Waals surface area contributed by atoms with Gasteiger partial charge in [-0.15, -0.1) is 0 Å². The van der Waals surface area contributed by atoms with E-state index in [1.54, 1.807) is 0 Å². The van der Waals surface area contributed by atoms with Crippen LogP contribution in [0.4, 0.5) is 0 Å². The molecule has 0 spiro atoms. The van der Waals surface area contributed by atoms with E-state index in [4.69, 9.17) is 5.26 Å². The molecule has 0 N–H and O–H groups in total. The molecule has 0 saturated heterocycles. The van der Waals surface area contributed by atoms with E-state index in [9.17, 15) is 0 Å². The molecule has 0 aliphatic carbocycles. The van der Waals surface area contributed by atoms with Crippen LogP contribution in [0.25, 0.3) is 0 Å². The minimum absolute atomic E-state index is 0.619. The van der Waals surface area contributed by atoms with Gasteiger partial charge in [-0.1, -0.05) is 13.8 Å². The van der Waals surface area contributed by atoms with E-state index in [0.717, 1.165) is 18.8 Å². The minimum atomic E-state index is 0.619. The Hall–Kier alpha value is -0.200. The first-order valence-electron chi connectivity index (χ1n) is 4.78. The van der Waals surface area contributed by atoms with Crippen molar-refractivity contribution in [2.24, 2.45) is 11.8 Å². The zero-order chi connectivity index (χ0) is 10.3. The summed E-state index contributed by atoms with van der Waals surface area (Å²) in [6, 6.07) is 2.16. The van der Waals surface area contributed by atoms with Crippen molar-refractivity contribution >= 4 is 12.6 Å². The lowest BCUT2D eigenvalue weighted by molar-refractivity contribution is 0.257. The van der Waals surface area contributed by atoms with Crippen molar-refractivity contribution < 1.29 is 0 Å². The van der Waals surface area contributed by atoms with E-state index >= 15 is 0 Å². The molecule has 0 bridgehead atoms. The molecule has 0 saturated carbocycles. The Morgan fingerprint density at radius 3 is 2.46 bits per heavy atom. The maximum Gasteiger partial charge on any atom is 0.0635 e. The van der Waals surface area contributed by atoms with Crippen LogP contribution in [0.2, 0.25) is 0 Å². The van der Waals surface area contributed by atoms with Crippen molar-refractivity contribution in [3.8, 4) is 6.07 Å². The summed E-state index contributed by atoms with van der Waals surface area (Å²) < 4.78 is 0. The second-order valence-electron chi connectivity index (χ2n) is 3.86. The summed E-state index contributed by atoms with van der Waals surface area (Å²) in [5, 5.41) is 8.42. The highest BCUT2D eigenvalue weighted by atomic mass is 32.1. The Kier molecular flexibility index (Phi) is 7.12.